The minimum atomic E-state index is -0.107. The Morgan fingerprint density at radius 2 is 2.15 bits per heavy atom. The number of rotatable bonds is 7. The van der Waals surface area contributed by atoms with Crippen molar-refractivity contribution in [2.24, 2.45) is 0 Å². The van der Waals surface area contributed by atoms with Gasteiger partial charge in [0.1, 0.15) is 5.75 Å². The van der Waals surface area contributed by atoms with E-state index in [2.05, 4.69) is 5.32 Å². The van der Waals surface area contributed by atoms with Crippen LogP contribution in [-0.4, -0.2) is 44.1 Å². The lowest BCUT2D eigenvalue weighted by atomic mass is 10.1. The van der Waals surface area contributed by atoms with Gasteiger partial charge in [0.05, 0.1) is 23.4 Å². The van der Waals surface area contributed by atoms with Crippen molar-refractivity contribution in [2.75, 3.05) is 39.0 Å². The number of hydrogen-bond acceptors (Lipinski definition) is 4. The fourth-order valence-electron chi connectivity index (χ4n) is 1.87. The third kappa shape index (κ3) is 4.02. The molecule has 1 aromatic rings. The molecule has 0 unspecified atom stereocenters. The number of likely N-dealkylation sites (N-methyl/N-ethyl adjacent to an activating group) is 2. The summed E-state index contributed by atoms with van der Waals surface area (Å²) in [4.78, 5) is 14.3. The standard InChI is InChI=1S/C14H22ClN3O2/c1-4-17-6-7-18(5-2)14(19)10-8-11(15)12(16)9-13(10)20-3/h8-9,17H,4-7,16H2,1-3H3. The van der Waals surface area contributed by atoms with Gasteiger partial charge in [-0.2, -0.15) is 0 Å². The summed E-state index contributed by atoms with van der Waals surface area (Å²) in [6.07, 6.45) is 0. The number of hydrogen-bond donors (Lipinski definition) is 2. The Morgan fingerprint density at radius 1 is 1.45 bits per heavy atom. The second kappa shape index (κ2) is 7.97. The molecule has 20 heavy (non-hydrogen) atoms. The molecule has 1 aromatic carbocycles. The molecule has 0 fully saturated rings. The smallest absolute Gasteiger partial charge is 0.257 e. The maximum atomic E-state index is 12.5. The Morgan fingerprint density at radius 3 is 2.70 bits per heavy atom. The number of benzene rings is 1. The second-order valence-corrected chi connectivity index (χ2v) is 4.72. The molecule has 0 bridgehead atoms. The number of carbonyl (C=O) groups is 1. The Kier molecular flexibility index (Phi) is 6.61. The molecule has 0 aliphatic heterocycles. The highest BCUT2D eigenvalue weighted by Crippen LogP contribution is 2.29. The van der Waals surface area contributed by atoms with Gasteiger partial charge in [0, 0.05) is 25.7 Å². The third-order valence-corrected chi connectivity index (χ3v) is 3.35. The average molecular weight is 300 g/mol. The van der Waals surface area contributed by atoms with Gasteiger partial charge in [0.15, 0.2) is 0 Å². The molecule has 0 heterocycles. The molecule has 0 saturated carbocycles. The van der Waals surface area contributed by atoms with Crippen LogP contribution in [0.2, 0.25) is 5.02 Å². The lowest BCUT2D eigenvalue weighted by Gasteiger charge is -2.22. The van der Waals surface area contributed by atoms with E-state index in [1.807, 2.05) is 13.8 Å². The highest BCUT2D eigenvalue weighted by atomic mass is 35.5. The van der Waals surface area contributed by atoms with Crippen molar-refractivity contribution in [1.29, 1.82) is 0 Å². The summed E-state index contributed by atoms with van der Waals surface area (Å²) in [5, 5.41) is 3.56. The molecule has 0 radical (unpaired) electrons. The number of nitrogen functional groups attached to an aromatic ring is 1. The topological polar surface area (TPSA) is 67.6 Å². The predicted octanol–water partition coefficient (Wildman–Crippen LogP) is 2.00. The highest BCUT2D eigenvalue weighted by molar-refractivity contribution is 6.33. The number of nitrogens with two attached hydrogens (primary N) is 1. The number of anilines is 1. The summed E-state index contributed by atoms with van der Waals surface area (Å²) in [6.45, 7) is 6.85. The number of amides is 1. The van der Waals surface area contributed by atoms with E-state index in [0.717, 1.165) is 13.1 Å². The van der Waals surface area contributed by atoms with Crippen LogP contribution < -0.4 is 15.8 Å². The minimum absolute atomic E-state index is 0.107. The second-order valence-electron chi connectivity index (χ2n) is 4.31. The zero-order valence-corrected chi connectivity index (χ0v) is 13.0. The maximum absolute atomic E-state index is 12.5. The molecule has 0 saturated heterocycles. The lowest BCUT2D eigenvalue weighted by Crippen LogP contribution is -2.37. The first-order chi connectivity index (χ1) is 9.54. The van der Waals surface area contributed by atoms with Gasteiger partial charge < -0.3 is 20.7 Å². The lowest BCUT2D eigenvalue weighted by molar-refractivity contribution is 0.0762. The number of nitrogens with zero attached hydrogens (tertiary/aromatic N) is 1. The number of carbonyl (C=O) groups excluding carboxylic acids is 1. The molecule has 0 aliphatic carbocycles. The van der Waals surface area contributed by atoms with E-state index in [1.165, 1.54) is 7.11 Å². The number of halogens is 1. The molecule has 0 aliphatic rings. The zero-order valence-electron chi connectivity index (χ0n) is 12.2. The van der Waals surface area contributed by atoms with Gasteiger partial charge in [0.2, 0.25) is 0 Å². The molecule has 0 spiro atoms. The van der Waals surface area contributed by atoms with Crippen LogP contribution in [0.4, 0.5) is 5.69 Å². The van der Waals surface area contributed by atoms with Crippen LogP contribution in [0.3, 0.4) is 0 Å². The van der Waals surface area contributed by atoms with Crippen LogP contribution in [0, 0.1) is 0 Å². The Labute approximate surface area is 125 Å². The van der Waals surface area contributed by atoms with Crippen molar-refractivity contribution in [2.45, 2.75) is 13.8 Å². The Balaban J connectivity index is 2.96. The average Bonchev–Trinajstić information content (AvgIpc) is 2.45. The minimum Gasteiger partial charge on any atom is -0.496 e. The molecule has 0 aromatic heterocycles. The van der Waals surface area contributed by atoms with Crippen LogP contribution in [0.1, 0.15) is 24.2 Å². The third-order valence-electron chi connectivity index (χ3n) is 3.03. The van der Waals surface area contributed by atoms with Gasteiger partial charge in [-0.1, -0.05) is 18.5 Å². The number of ether oxygens (including phenoxy) is 1. The van der Waals surface area contributed by atoms with Crippen molar-refractivity contribution in [1.82, 2.24) is 10.2 Å². The maximum Gasteiger partial charge on any atom is 0.257 e. The van der Waals surface area contributed by atoms with Crippen LogP contribution in [0.15, 0.2) is 12.1 Å². The number of nitrogens with one attached hydrogen (secondary N) is 1. The van der Waals surface area contributed by atoms with Crippen molar-refractivity contribution in [3.05, 3.63) is 22.7 Å². The van der Waals surface area contributed by atoms with Crippen LogP contribution in [-0.2, 0) is 0 Å². The predicted molar refractivity (Wildman–Crippen MR) is 82.5 cm³/mol. The summed E-state index contributed by atoms with van der Waals surface area (Å²) in [5.74, 6) is 0.336. The van der Waals surface area contributed by atoms with Crippen LogP contribution in [0.5, 0.6) is 5.75 Å². The van der Waals surface area contributed by atoms with Gasteiger partial charge in [-0.3, -0.25) is 4.79 Å². The van der Waals surface area contributed by atoms with Crippen LogP contribution in [0.25, 0.3) is 0 Å². The monoisotopic (exact) mass is 299 g/mol. The molecule has 1 rings (SSSR count). The Bertz CT molecular complexity index is 466. The molecule has 112 valence electrons. The molecule has 1 amide bonds. The molecular weight excluding hydrogens is 278 g/mol. The SMILES string of the molecule is CCNCCN(CC)C(=O)c1cc(Cl)c(N)cc1OC. The molecule has 3 N–H and O–H groups in total. The summed E-state index contributed by atoms with van der Waals surface area (Å²) in [6, 6.07) is 3.14. The summed E-state index contributed by atoms with van der Waals surface area (Å²) >= 11 is 6.00. The van der Waals surface area contributed by atoms with E-state index in [4.69, 9.17) is 22.1 Å². The van der Waals surface area contributed by atoms with Gasteiger partial charge in [-0.15, -0.1) is 0 Å². The van der Waals surface area contributed by atoms with Crippen molar-refractivity contribution >= 4 is 23.2 Å². The normalized spacial score (nSPS) is 10.4. The van der Waals surface area contributed by atoms with E-state index >= 15 is 0 Å². The van der Waals surface area contributed by atoms with E-state index in [-0.39, 0.29) is 5.91 Å². The molecular formula is C14H22ClN3O2. The van der Waals surface area contributed by atoms with E-state index in [1.54, 1.807) is 17.0 Å². The zero-order chi connectivity index (χ0) is 15.1. The van der Waals surface area contributed by atoms with Crippen molar-refractivity contribution in [3.8, 4) is 5.75 Å². The van der Waals surface area contributed by atoms with Gasteiger partial charge in [0.25, 0.3) is 5.91 Å². The highest BCUT2D eigenvalue weighted by Gasteiger charge is 2.19. The van der Waals surface area contributed by atoms with Gasteiger partial charge in [-0.05, 0) is 19.5 Å². The molecule has 5 nitrogen and oxygen atoms in total. The van der Waals surface area contributed by atoms with Gasteiger partial charge >= 0.3 is 0 Å². The van der Waals surface area contributed by atoms with Gasteiger partial charge in [-0.25, -0.2) is 0 Å². The van der Waals surface area contributed by atoms with E-state index in [9.17, 15) is 4.79 Å². The van der Waals surface area contributed by atoms with Crippen molar-refractivity contribution < 1.29 is 9.53 Å². The first kappa shape index (κ1) is 16.6. The summed E-state index contributed by atoms with van der Waals surface area (Å²) < 4.78 is 5.22. The summed E-state index contributed by atoms with van der Waals surface area (Å²) in [7, 11) is 1.51. The summed E-state index contributed by atoms with van der Waals surface area (Å²) in [5.41, 5.74) is 6.56. The largest absolute Gasteiger partial charge is 0.496 e. The van der Waals surface area contributed by atoms with E-state index < -0.39 is 0 Å². The number of methoxy groups -OCH3 is 1. The quantitative estimate of drug-likeness (QED) is 0.597. The Hall–Kier alpha value is -1.46. The van der Waals surface area contributed by atoms with Crippen molar-refractivity contribution in [3.63, 3.8) is 0 Å². The fourth-order valence-corrected chi connectivity index (χ4v) is 2.03. The molecule has 0 atom stereocenters. The van der Waals surface area contributed by atoms with E-state index in [0.29, 0.717) is 35.1 Å². The van der Waals surface area contributed by atoms with Crippen LogP contribution >= 0.6 is 11.6 Å². The fraction of sp³-hybridized carbons (Fsp3) is 0.500. The molecule has 6 heteroatoms. The first-order valence-electron chi connectivity index (χ1n) is 6.68. The first-order valence-corrected chi connectivity index (χ1v) is 7.05.